The van der Waals surface area contributed by atoms with Gasteiger partial charge in [-0.2, -0.15) is 11.3 Å². The molecule has 0 aliphatic carbocycles. The standard InChI is InChI=1S/C10H9ClN2O2S/c11-8-5-13(10(15)12-9(8)14)3-1-7-2-4-16-6-7/h2,4-6H,1,3H2,(H,12,14,15). The number of rotatable bonds is 3. The van der Waals surface area contributed by atoms with E-state index in [1.807, 2.05) is 16.8 Å². The summed E-state index contributed by atoms with van der Waals surface area (Å²) in [7, 11) is 0. The SMILES string of the molecule is O=c1[nH]c(=O)n(CCc2ccsc2)cc1Cl. The normalized spacial score (nSPS) is 10.6. The van der Waals surface area contributed by atoms with E-state index in [9.17, 15) is 9.59 Å². The maximum atomic E-state index is 11.4. The summed E-state index contributed by atoms with van der Waals surface area (Å²) < 4.78 is 1.40. The molecule has 2 aromatic rings. The highest BCUT2D eigenvalue weighted by Crippen LogP contribution is 2.07. The second-order valence-electron chi connectivity index (χ2n) is 3.31. The number of H-pyrrole nitrogens is 1. The van der Waals surface area contributed by atoms with Gasteiger partial charge in [-0.25, -0.2) is 4.79 Å². The van der Waals surface area contributed by atoms with Crippen molar-refractivity contribution in [3.05, 3.63) is 54.4 Å². The highest BCUT2D eigenvalue weighted by atomic mass is 35.5. The zero-order valence-corrected chi connectivity index (χ0v) is 9.85. The van der Waals surface area contributed by atoms with Crippen LogP contribution >= 0.6 is 22.9 Å². The van der Waals surface area contributed by atoms with Gasteiger partial charge in [-0.3, -0.25) is 14.3 Å². The van der Waals surface area contributed by atoms with E-state index in [-0.39, 0.29) is 5.02 Å². The number of aromatic nitrogens is 2. The summed E-state index contributed by atoms with van der Waals surface area (Å²) in [5.74, 6) is 0. The summed E-state index contributed by atoms with van der Waals surface area (Å²) in [6, 6.07) is 2.00. The van der Waals surface area contributed by atoms with E-state index in [4.69, 9.17) is 11.6 Å². The molecule has 1 N–H and O–H groups in total. The van der Waals surface area contributed by atoms with Crippen molar-refractivity contribution in [3.63, 3.8) is 0 Å². The molecule has 4 nitrogen and oxygen atoms in total. The molecule has 0 amide bonds. The van der Waals surface area contributed by atoms with E-state index in [1.165, 1.54) is 16.3 Å². The van der Waals surface area contributed by atoms with Crippen molar-refractivity contribution in [2.75, 3.05) is 0 Å². The number of nitrogens with one attached hydrogen (secondary N) is 1. The van der Waals surface area contributed by atoms with Crippen molar-refractivity contribution in [1.29, 1.82) is 0 Å². The van der Waals surface area contributed by atoms with Gasteiger partial charge in [-0.05, 0) is 28.8 Å². The van der Waals surface area contributed by atoms with Gasteiger partial charge in [0.15, 0.2) is 0 Å². The van der Waals surface area contributed by atoms with Crippen molar-refractivity contribution >= 4 is 22.9 Å². The molecule has 0 saturated carbocycles. The fourth-order valence-corrected chi connectivity index (χ4v) is 2.20. The van der Waals surface area contributed by atoms with Gasteiger partial charge in [-0.1, -0.05) is 11.6 Å². The third kappa shape index (κ3) is 2.43. The van der Waals surface area contributed by atoms with Gasteiger partial charge >= 0.3 is 5.69 Å². The monoisotopic (exact) mass is 256 g/mol. The van der Waals surface area contributed by atoms with Crippen LogP contribution < -0.4 is 11.2 Å². The molecule has 0 atom stereocenters. The summed E-state index contributed by atoms with van der Waals surface area (Å²) in [6.07, 6.45) is 2.11. The van der Waals surface area contributed by atoms with E-state index < -0.39 is 11.2 Å². The van der Waals surface area contributed by atoms with Crippen LogP contribution in [0.5, 0.6) is 0 Å². The zero-order valence-electron chi connectivity index (χ0n) is 8.27. The maximum absolute atomic E-state index is 11.4. The Morgan fingerprint density at radius 1 is 1.44 bits per heavy atom. The second-order valence-corrected chi connectivity index (χ2v) is 4.50. The Hall–Kier alpha value is -1.33. The van der Waals surface area contributed by atoms with E-state index in [0.29, 0.717) is 6.54 Å². The minimum atomic E-state index is -0.543. The Morgan fingerprint density at radius 2 is 2.25 bits per heavy atom. The van der Waals surface area contributed by atoms with Crippen LogP contribution in [-0.2, 0) is 13.0 Å². The van der Waals surface area contributed by atoms with Crippen LogP contribution in [0.25, 0.3) is 0 Å². The van der Waals surface area contributed by atoms with Crippen molar-refractivity contribution in [2.45, 2.75) is 13.0 Å². The first kappa shape index (κ1) is 11.2. The topological polar surface area (TPSA) is 54.9 Å². The molecule has 84 valence electrons. The molecule has 2 aromatic heterocycles. The first-order chi connectivity index (χ1) is 7.66. The minimum Gasteiger partial charge on any atom is -0.299 e. The molecule has 0 spiro atoms. The summed E-state index contributed by atoms with van der Waals surface area (Å²) in [6.45, 7) is 0.506. The predicted octanol–water partition coefficient (Wildman–Crippen LogP) is 1.49. The van der Waals surface area contributed by atoms with Crippen LogP contribution in [-0.4, -0.2) is 9.55 Å². The molecule has 2 rings (SSSR count). The van der Waals surface area contributed by atoms with Crippen molar-refractivity contribution < 1.29 is 0 Å². The lowest BCUT2D eigenvalue weighted by molar-refractivity contribution is 0.646. The van der Waals surface area contributed by atoms with Crippen LogP contribution in [0.1, 0.15) is 5.56 Å². The molecule has 6 heteroatoms. The molecule has 0 aliphatic rings. The van der Waals surface area contributed by atoms with Crippen molar-refractivity contribution in [1.82, 2.24) is 9.55 Å². The van der Waals surface area contributed by atoms with Crippen LogP contribution in [0.3, 0.4) is 0 Å². The predicted molar refractivity (Wildman–Crippen MR) is 64.4 cm³/mol. The number of nitrogens with zero attached hydrogens (tertiary/aromatic N) is 1. The average molecular weight is 257 g/mol. The zero-order chi connectivity index (χ0) is 11.5. The van der Waals surface area contributed by atoms with Gasteiger partial charge in [0, 0.05) is 12.7 Å². The van der Waals surface area contributed by atoms with E-state index in [2.05, 4.69) is 4.98 Å². The number of aryl methyl sites for hydroxylation is 2. The summed E-state index contributed by atoms with van der Waals surface area (Å²) >= 11 is 7.26. The quantitative estimate of drug-likeness (QED) is 0.905. The van der Waals surface area contributed by atoms with Crippen LogP contribution in [0.4, 0.5) is 0 Å². The number of halogens is 1. The molecule has 0 unspecified atom stereocenters. The lowest BCUT2D eigenvalue weighted by atomic mass is 10.2. The van der Waals surface area contributed by atoms with Gasteiger partial charge in [0.05, 0.1) is 0 Å². The molecule has 0 radical (unpaired) electrons. The molecule has 2 heterocycles. The molecule has 0 saturated heterocycles. The molecule has 0 aromatic carbocycles. The smallest absolute Gasteiger partial charge is 0.299 e. The van der Waals surface area contributed by atoms with Crippen LogP contribution in [0.2, 0.25) is 5.02 Å². The number of aromatic amines is 1. The van der Waals surface area contributed by atoms with Crippen molar-refractivity contribution in [2.24, 2.45) is 0 Å². The van der Waals surface area contributed by atoms with Gasteiger partial charge in [-0.15, -0.1) is 0 Å². The highest BCUT2D eigenvalue weighted by molar-refractivity contribution is 7.07. The number of hydrogen-bond donors (Lipinski definition) is 1. The molecule has 0 bridgehead atoms. The molecular weight excluding hydrogens is 248 g/mol. The first-order valence-electron chi connectivity index (χ1n) is 4.67. The fourth-order valence-electron chi connectivity index (χ4n) is 1.33. The lowest BCUT2D eigenvalue weighted by Crippen LogP contribution is -2.30. The van der Waals surface area contributed by atoms with Gasteiger partial charge in [0.1, 0.15) is 5.02 Å². The lowest BCUT2D eigenvalue weighted by Gasteiger charge is -2.03. The summed E-state index contributed by atoms with van der Waals surface area (Å²) in [4.78, 5) is 24.6. The van der Waals surface area contributed by atoms with Gasteiger partial charge in [0.2, 0.25) is 0 Å². The van der Waals surface area contributed by atoms with Gasteiger partial charge < -0.3 is 0 Å². The van der Waals surface area contributed by atoms with E-state index in [0.717, 1.165) is 6.42 Å². The molecule has 16 heavy (non-hydrogen) atoms. The van der Waals surface area contributed by atoms with E-state index in [1.54, 1.807) is 11.3 Å². The Labute approximate surface area is 100 Å². The Morgan fingerprint density at radius 3 is 2.94 bits per heavy atom. The van der Waals surface area contributed by atoms with Gasteiger partial charge in [0.25, 0.3) is 5.56 Å². The number of hydrogen-bond acceptors (Lipinski definition) is 3. The average Bonchev–Trinajstić information content (AvgIpc) is 2.74. The highest BCUT2D eigenvalue weighted by Gasteiger charge is 2.02. The molecule has 0 fully saturated rings. The van der Waals surface area contributed by atoms with Crippen molar-refractivity contribution in [3.8, 4) is 0 Å². The van der Waals surface area contributed by atoms with E-state index >= 15 is 0 Å². The number of thiophene rings is 1. The molecular formula is C10H9ClN2O2S. The Balaban J connectivity index is 2.19. The first-order valence-corrected chi connectivity index (χ1v) is 5.99. The Bertz CT molecular complexity index is 586. The summed E-state index contributed by atoms with van der Waals surface area (Å²) in [5, 5.41) is 4.04. The van der Waals surface area contributed by atoms with Crippen LogP contribution in [0.15, 0.2) is 32.6 Å². The fraction of sp³-hybridized carbons (Fsp3) is 0.200. The maximum Gasteiger partial charge on any atom is 0.328 e. The molecule has 0 aliphatic heterocycles. The van der Waals surface area contributed by atoms with Crippen LogP contribution in [0, 0.1) is 0 Å². The summed E-state index contributed by atoms with van der Waals surface area (Å²) in [5.41, 5.74) is 0.197. The Kier molecular flexibility index (Phi) is 3.26. The third-order valence-corrected chi connectivity index (χ3v) is 3.19. The minimum absolute atomic E-state index is 0.0323. The third-order valence-electron chi connectivity index (χ3n) is 2.19. The second kappa shape index (κ2) is 4.67. The largest absolute Gasteiger partial charge is 0.328 e.